The van der Waals surface area contributed by atoms with Gasteiger partial charge in [-0.2, -0.15) is 0 Å². The highest BCUT2D eigenvalue weighted by Gasteiger charge is 2.10. The van der Waals surface area contributed by atoms with E-state index in [9.17, 15) is 0 Å². The Hall–Kier alpha value is -1.12. The third-order valence-electron chi connectivity index (χ3n) is 1.49. The van der Waals surface area contributed by atoms with E-state index in [2.05, 4.69) is 17.3 Å². The number of nitrogens with zero attached hydrogens (tertiary/aromatic N) is 2. The molecule has 1 radical (unpaired) electrons. The molecule has 2 nitrogen and oxygen atoms in total. The van der Waals surface area contributed by atoms with Crippen LogP contribution in [0.5, 0.6) is 0 Å². The summed E-state index contributed by atoms with van der Waals surface area (Å²) in [6.45, 7) is 1.99. The standard InChI is InChI=1S/C7H6BN2/c1-5-8-6-2-3-9-4-7(6)10-5/h2-4H,1H3. The van der Waals surface area contributed by atoms with Crippen molar-refractivity contribution < 1.29 is 0 Å². The first kappa shape index (κ1) is 5.65. The molecule has 0 saturated carbocycles. The van der Waals surface area contributed by atoms with E-state index >= 15 is 0 Å². The zero-order valence-corrected chi connectivity index (χ0v) is 5.70. The van der Waals surface area contributed by atoms with E-state index in [1.807, 2.05) is 13.0 Å². The molecule has 0 aromatic carbocycles. The molecular weight excluding hydrogens is 123 g/mol. The van der Waals surface area contributed by atoms with Gasteiger partial charge in [0.15, 0.2) is 0 Å². The van der Waals surface area contributed by atoms with Crippen LogP contribution < -0.4 is 5.46 Å². The maximum Gasteiger partial charge on any atom is 0.213 e. The van der Waals surface area contributed by atoms with Gasteiger partial charge in [-0.3, -0.25) is 9.98 Å². The summed E-state index contributed by atoms with van der Waals surface area (Å²) in [5.74, 6) is 0. The Morgan fingerprint density at radius 1 is 1.50 bits per heavy atom. The lowest BCUT2D eigenvalue weighted by Crippen LogP contribution is -2.15. The number of hydrogen-bond donors (Lipinski definition) is 0. The van der Waals surface area contributed by atoms with Crippen molar-refractivity contribution >= 4 is 24.0 Å². The second-order valence-electron chi connectivity index (χ2n) is 2.33. The smallest absolute Gasteiger partial charge is 0.213 e. The van der Waals surface area contributed by atoms with Crippen LogP contribution in [0.15, 0.2) is 23.5 Å². The molecule has 1 aliphatic rings. The predicted octanol–water partition coefficient (Wildman–Crippen LogP) is 0.475. The fourth-order valence-electron chi connectivity index (χ4n) is 1.06. The van der Waals surface area contributed by atoms with Crippen LogP contribution in [0.25, 0.3) is 0 Å². The van der Waals surface area contributed by atoms with Crippen LogP contribution in [0.3, 0.4) is 0 Å². The molecule has 0 aliphatic carbocycles. The number of rotatable bonds is 0. The summed E-state index contributed by atoms with van der Waals surface area (Å²) in [5, 5.41) is 0. The summed E-state index contributed by atoms with van der Waals surface area (Å²) in [6.07, 6.45) is 3.56. The molecule has 47 valence electrons. The first-order valence-corrected chi connectivity index (χ1v) is 3.20. The highest BCUT2D eigenvalue weighted by atomic mass is 14.8. The molecule has 2 rings (SSSR count). The lowest BCUT2D eigenvalue weighted by molar-refractivity contribution is 1.33. The van der Waals surface area contributed by atoms with Gasteiger partial charge in [0.05, 0.1) is 11.9 Å². The summed E-state index contributed by atoms with van der Waals surface area (Å²) >= 11 is 0. The highest BCUT2D eigenvalue weighted by molar-refractivity contribution is 6.87. The Labute approximate surface area is 60.3 Å². The SMILES string of the molecule is CC1=Nc2cnccc2[B]1. The van der Waals surface area contributed by atoms with E-state index in [4.69, 9.17) is 0 Å². The predicted molar refractivity (Wildman–Crippen MR) is 42.4 cm³/mol. The Morgan fingerprint density at radius 2 is 2.40 bits per heavy atom. The second-order valence-corrected chi connectivity index (χ2v) is 2.33. The minimum Gasteiger partial charge on any atom is -0.267 e. The molecule has 0 saturated heterocycles. The number of pyridine rings is 1. The van der Waals surface area contributed by atoms with Gasteiger partial charge in [-0.1, -0.05) is 5.46 Å². The number of aliphatic imine (C=N–C) groups is 1. The van der Waals surface area contributed by atoms with E-state index in [0.717, 1.165) is 11.3 Å². The van der Waals surface area contributed by atoms with Crippen molar-refractivity contribution in [3.05, 3.63) is 18.5 Å². The van der Waals surface area contributed by atoms with Crippen molar-refractivity contribution in [1.29, 1.82) is 0 Å². The monoisotopic (exact) mass is 129 g/mol. The molecule has 1 aromatic heterocycles. The third-order valence-corrected chi connectivity index (χ3v) is 1.49. The molecule has 3 heteroatoms. The van der Waals surface area contributed by atoms with Crippen molar-refractivity contribution in [2.75, 3.05) is 0 Å². The van der Waals surface area contributed by atoms with Crippen LogP contribution >= 0.6 is 0 Å². The molecule has 0 spiro atoms. The molecule has 0 unspecified atom stereocenters. The van der Waals surface area contributed by atoms with Gasteiger partial charge in [-0.25, -0.2) is 0 Å². The number of hydrogen-bond acceptors (Lipinski definition) is 2. The van der Waals surface area contributed by atoms with Gasteiger partial charge in [0.25, 0.3) is 0 Å². The Bertz CT molecular complexity index is 293. The van der Waals surface area contributed by atoms with Crippen molar-refractivity contribution in [3.63, 3.8) is 0 Å². The molecule has 0 atom stereocenters. The van der Waals surface area contributed by atoms with E-state index in [-0.39, 0.29) is 0 Å². The normalized spacial score (nSPS) is 13.9. The molecular formula is C7H6BN2. The average molecular weight is 129 g/mol. The maximum atomic E-state index is 4.25. The first-order chi connectivity index (χ1) is 4.86. The molecule has 0 bridgehead atoms. The molecule has 2 heterocycles. The van der Waals surface area contributed by atoms with Crippen LogP contribution in [0.4, 0.5) is 5.69 Å². The van der Waals surface area contributed by atoms with Gasteiger partial charge >= 0.3 is 0 Å². The summed E-state index contributed by atoms with van der Waals surface area (Å²) < 4.78 is 0. The largest absolute Gasteiger partial charge is 0.267 e. The lowest BCUT2D eigenvalue weighted by atomic mass is 9.68. The zero-order valence-electron chi connectivity index (χ0n) is 5.70. The van der Waals surface area contributed by atoms with Gasteiger partial charge in [-0.05, 0) is 18.6 Å². The summed E-state index contributed by atoms with van der Waals surface area (Å²) in [6, 6.07) is 1.97. The quantitative estimate of drug-likeness (QED) is 0.467. The molecule has 0 fully saturated rings. The molecule has 10 heavy (non-hydrogen) atoms. The van der Waals surface area contributed by atoms with E-state index in [1.165, 1.54) is 5.46 Å². The summed E-state index contributed by atoms with van der Waals surface area (Å²) in [7, 11) is 2.05. The van der Waals surface area contributed by atoms with E-state index in [1.54, 1.807) is 12.4 Å². The Morgan fingerprint density at radius 3 is 3.20 bits per heavy atom. The first-order valence-electron chi connectivity index (χ1n) is 3.20. The summed E-state index contributed by atoms with van der Waals surface area (Å²) in [5.41, 5.74) is 3.22. The fraction of sp³-hybridized carbons (Fsp3) is 0.143. The van der Waals surface area contributed by atoms with Crippen molar-refractivity contribution in [3.8, 4) is 0 Å². The minimum atomic E-state index is 0.986. The third kappa shape index (κ3) is 0.745. The minimum absolute atomic E-state index is 0.986. The van der Waals surface area contributed by atoms with Crippen LogP contribution in [-0.4, -0.2) is 17.9 Å². The summed E-state index contributed by atoms with van der Waals surface area (Å²) in [4.78, 5) is 8.21. The Balaban J connectivity index is 2.54. The number of aromatic nitrogens is 1. The van der Waals surface area contributed by atoms with Crippen LogP contribution in [0, 0.1) is 0 Å². The highest BCUT2D eigenvalue weighted by Crippen LogP contribution is 2.10. The molecule has 1 aliphatic heterocycles. The van der Waals surface area contributed by atoms with Crippen molar-refractivity contribution in [2.24, 2.45) is 4.99 Å². The van der Waals surface area contributed by atoms with Gasteiger partial charge in [0, 0.05) is 6.20 Å². The van der Waals surface area contributed by atoms with Gasteiger partial charge in [0.2, 0.25) is 7.28 Å². The molecule has 0 amide bonds. The second kappa shape index (κ2) is 1.94. The fourth-order valence-corrected chi connectivity index (χ4v) is 1.06. The zero-order chi connectivity index (χ0) is 6.97. The topological polar surface area (TPSA) is 25.2 Å². The average Bonchev–Trinajstić information content (AvgIpc) is 2.27. The van der Waals surface area contributed by atoms with E-state index in [0.29, 0.717) is 0 Å². The molecule has 1 aromatic rings. The van der Waals surface area contributed by atoms with E-state index < -0.39 is 0 Å². The number of fused-ring (bicyclic) bond motifs is 1. The van der Waals surface area contributed by atoms with Crippen molar-refractivity contribution in [2.45, 2.75) is 6.92 Å². The molecule has 0 N–H and O–H groups in total. The van der Waals surface area contributed by atoms with Crippen molar-refractivity contribution in [1.82, 2.24) is 4.98 Å². The van der Waals surface area contributed by atoms with Crippen LogP contribution in [0.2, 0.25) is 0 Å². The van der Waals surface area contributed by atoms with Crippen LogP contribution in [-0.2, 0) is 0 Å². The van der Waals surface area contributed by atoms with Gasteiger partial charge in [0.1, 0.15) is 0 Å². The lowest BCUT2D eigenvalue weighted by Gasteiger charge is -1.90. The van der Waals surface area contributed by atoms with Crippen LogP contribution in [0.1, 0.15) is 6.92 Å². The maximum absolute atomic E-state index is 4.25. The Kier molecular flexibility index (Phi) is 1.10. The van der Waals surface area contributed by atoms with Gasteiger partial charge in [-0.15, -0.1) is 0 Å². The van der Waals surface area contributed by atoms with Gasteiger partial charge < -0.3 is 0 Å².